The van der Waals surface area contributed by atoms with Crippen molar-refractivity contribution in [3.8, 4) is 0 Å². The number of Topliss-reactive ketones (excluding diaryl/α,β-unsaturated/α-hetero) is 1. The number of ether oxygens (including phenoxy) is 1. The Morgan fingerprint density at radius 1 is 1.48 bits per heavy atom. The Balaban J connectivity index is 1.96. The number of nitrogens with one attached hydrogen (secondary N) is 1. The Morgan fingerprint density at radius 2 is 2.29 bits per heavy atom. The fraction of sp³-hybridized carbons (Fsp3) is 0.375. The summed E-state index contributed by atoms with van der Waals surface area (Å²) in [5, 5.41) is 2.03. The van der Waals surface area contributed by atoms with Gasteiger partial charge in [0.1, 0.15) is 5.69 Å². The molecule has 21 heavy (non-hydrogen) atoms. The number of hydrogen-bond donors (Lipinski definition) is 1. The molecule has 0 aromatic carbocycles. The van der Waals surface area contributed by atoms with Crippen molar-refractivity contribution < 1.29 is 14.3 Å². The van der Waals surface area contributed by atoms with Crippen molar-refractivity contribution in [1.82, 2.24) is 4.98 Å². The van der Waals surface area contributed by atoms with Crippen molar-refractivity contribution >= 4 is 23.1 Å². The van der Waals surface area contributed by atoms with Gasteiger partial charge in [-0.2, -0.15) is 0 Å². The van der Waals surface area contributed by atoms with Gasteiger partial charge in [-0.3, -0.25) is 4.79 Å². The number of hydrogen-bond acceptors (Lipinski definition) is 4. The van der Waals surface area contributed by atoms with E-state index in [1.54, 1.807) is 18.3 Å². The van der Waals surface area contributed by atoms with E-state index < -0.39 is 0 Å². The lowest BCUT2D eigenvalue weighted by molar-refractivity contribution is 0.0519. The molecule has 1 atom stereocenters. The normalized spacial score (nSPS) is 17.6. The molecule has 0 amide bonds. The summed E-state index contributed by atoms with van der Waals surface area (Å²) in [5.41, 5.74) is 2.69. The number of aromatic nitrogens is 1. The lowest BCUT2D eigenvalue weighted by atomic mass is 9.84. The number of carbonyl (C=O) groups excluding carboxylic acids is 2. The van der Waals surface area contributed by atoms with Crippen molar-refractivity contribution in [2.45, 2.75) is 32.6 Å². The van der Waals surface area contributed by atoms with Crippen LogP contribution in [0.3, 0.4) is 0 Å². The standard InChI is InChI=1S/C16H17NO3S/c1-3-20-16(19)15-9(2)14-11(17-15)7-10(8-12(14)18)13-5-4-6-21-13/h4-6,10,17H,3,7-8H2,1-2H3. The number of thiophene rings is 1. The van der Waals surface area contributed by atoms with Gasteiger partial charge in [-0.15, -0.1) is 11.3 Å². The first-order chi connectivity index (χ1) is 10.1. The number of rotatable bonds is 3. The third kappa shape index (κ3) is 2.42. The van der Waals surface area contributed by atoms with Gasteiger partial charge in [-0.05, 0) is 37.3 Å². The molecule has 3 rings (SSSR count). The van der Waals surface area contributed by atoms with Crippen LogP contribution >= 0.6 is 11.3 Å². The van der Waals surface area contributed by atoms with Crippen LogP contribution in [0.15, 0.2) is 17.5 Å². The van der Waals surface area contributed by atoms with E-state index in [9.17, 15) is 9.59 Å². The zero-order valence-corrected chi connectivity index (χ0v) is 12.9. The Labute approximate surface area is 127 Å². The van der Waals surface area contributed by atoms with Gasteiger partial charge in [0.25, 0.3) is 0 Å². The van der Waals surface area contributed by atoms with Crippen LogP contribution < -0.4 is 0 Å². The van der Waals surface area contributed by atoms with E-state index in [-0.39, 0.29) is 17.7 Å². The Kier molecular flexibility index (Phi) is 3.68. The number of fused-ring (bicyclic) bond motifs is 1. The molecular formula is C16H17NO3S. The van der Waals surface area contributed by atoms with Crippen LogP contribution in [-0.4, -0.2) is 23.3 Å². The highest BCUT2D eigenvalue weighted by molar-refractivity contribution is 7.10. The molecule has 4 nitrogen and oxygen atoms in total. The second kappa shape index (κ2) is 5.48. The van der Waals surface area contributed by atoms with Gasteiger partial charge >= 0.3 is 5.97 Å². The van der Waals surface area contributed by atoms with Crippen LogP contribution in [0.2, 0.25) is 0 Å². The maximum atomic E-state index is 12.4. The molecule has 0 fully saturated rings. The van der Waals surface area contributed by atoms with Crippen LogP contribution in [0.4, 0.5) is 0 Å². The zero-order chi connectivity index (χ0) is 15.0. The first kappa shape index (κ1) is 14.1. The molecule has 0 bridgehead atoms. The minimum Gasteiger partial charge on any atom is -0.461 e. The number of esters is 1. The molecule has 1 unspecified atom stereocenters. The van der Waals surface area contributed by atoms with Crippen molar-refractivity contribution in [3.05, 3.63) is 44.9 Å². The third-order valence-electron chi connectivity index (χ3n) is 3.91. The zero-order valence-electron chi connectivity index (χ0n) is 12.1. The van der Waals surface area contributed by atoms with Gasteiger partial charge in [-0.1, -0.05) is 6.07 Å². The molecule has 110 valence electrons. The lowest BCUT2D eigenvalue weighted by Crippen LogP contribution is -2.17. The summed E-state index contributed by atoms with van der Waals surface area (Å²) in [6.07, 6.45) is 1.27. The second-order valence-corrected chi connectivity index (χ2v) is 6.22. The first-order valence-electron chi connectivity index (χ1n) is 7.07. The molecule has 1 N–H and O–H groups in total. The minimum atomic E-state index is -0.384. The Morgan fingerprint density at radius 3 is 2.95 bits per heavy atom. The van der Waals surface area contributed by atoms with E-state index in [0.29, 0.717) is 24.3 Å². The van der Waals surface area contributed by atoms with Crippen LogP contribution in [0, 0.1) is 6.92 Å². The summed E-state index contributed by atoms with van der Waals surface area (Å²) in [6.45, 7) is 3.91. The topological polar surface area (TPSA) is 59.2 Å². The summed E-state index contributed by atoms with van der Waals surface area (Å²) in [4.78, 5) is 28.7. The molecule has 0 saturated carbocycles. The quantitative estimate of drug-likeness (QED) is 0.883. The maximum Gasteiger partial charge on any atom is 0.355 e. The van der Waals surface area contributed by atoms with Crippen molar-refractivity contribution in [2.24, 2.45) is 0 Å². The van der Waals surface area contributed by atoms with Crippen molar-refractivity contribution in [2.75, 3.05) is 6.61 Å². The van der Waals surface area contributed by atoms with Gasteiger partial charge < -0.3 is 9.72 Å². The number of aromatic amines is 1. The first-order valence-corrected chi connectivity index (χ1v) is 7.95. The van der Waals surface area contributed by atoms with Crippen molar-refractivity contribution in [1.29, 1.82) is 0 Å². The molecule has 1 aliphatic rings. The van der Waals surface area contributed by atoms with Crippen molar-refractivity contribution in [3.63, 3.8) is 0 Å². The van der Waals surface area contributed by atoms with E-state index in [4.69, 9.17) is 4.74 Å². The van der Waals surface area contributed by atoms with Gasteiger partial charge in [0.05, 0.1) is 6.61 Å². The van der Waals surface area contributed by atoms with E-state index in [0.717, 1.165) is 17.7 Å². The number of ketones is 1. The second-order valence-electron chi connectivity index (χ2n) is 5.24. The summed E-state index contributed by atoms with van der Waals surface area (Å²) in [7, 11) is 0. The fourth-order valence-electron chi connectivity index (χ4n) is 2.97. The van der Waals surface area contributed by atoms with Crippen LogP contribution in [-0.2, 0) is 11.2 Å². The fourth-order valence-corrected chi connectivity index (χ4v) is 3.80. The molecule has 2 heterocycles. The van der Waals surface area contributed by atoms with Gasteiger partial charge in [0.15, 0.2) is 5.78 Å². The Hall–Kier alpha value is -1.88. The molecule has 1 aliphatic carbocycles. The summed E-state index contributed by atoms with van der Waals surface area (Å²) >= 11 is 1.67. The van der Waals surface area contributed by atoms with E-state index in [1.807, 2.05) is 18.4 Å². The monoisotopic (exact) mass is 303 g/mol. The maximum absolute atomic E-state index is 12.4. The average Bonchev–Trinajstić information content (AvgIpc) is 3.07. The summed E-state index contributed by atoms with van der Waals surface area (Å²) in [6, 6.07) is 4.07. The SMILES string of the molecule is CCOC(=O)c1[nH]c2c(c1C)C(=O)CC(c1cccs1)C2. The smallest absolute Gasteiger partial charge is 0.355 e. The van der Waals surface area contributed by atoms with E-state index in [2.05, 4.69) is 11.1 Å². The molecule has 0 saturated heterocycles. The molecular weight excluding hydrogens is 286 g/mol. The molecule has 0 spiro atoms. The summed E-state index contributed by atoms with van der Waals surface area (Å²) in [5.74, 6) is -0.0677. The lowest BCUT2D eigenvalue weighted by Gasteiger charge is -2.20. The minimum absolute atomic E-state index is 0.110. The average molecular weight is 303 g/mol. The van der Waals surface area contributed by atoms with Gasteiger partial charge in [0, 0.05) is 28.5 Å². The predicted octanol–water partition coefficient (Wildman–Crippen LogP) is 3.47. The number of H-pyrrole nitrogens is 1. The Bertz CT molecular complexity index is 685. The molecule has 2 aromatic heterocycles. The summed E-state index contributed by atoms with van der Waals surface area (Å²) < 4.78 is 5.04. The van der Waals surface area contributed by atoms with Crippen LogP contribution in [0.5, 0.6) is 0 Å². The van der Waals surface area contributed by atoms with Crippen LogP contribution in [0.25, 0.3) is 0 Å². The molecule has 0 aliphatic heterocycles. The van der Waals surface area contributed by atoms with E-state index in [1.165, 1.54) is 4.88 Å². The van der Waals surface area contributed by atoms with Gasteiger partial charge in [-0.25, -0.2) is 4.79 Å². The molecule has 2 aromatic rings. The predicted molar refractivity (Wildman–Crippen MR) is 81.2 cm³/mol. The van der Waals surface area contributed by atoms with Gasteiger partial charge in [0.2, 0.25) is 0 Å². The highest BCUT2D eigenvalue weighted by Gasteiger charge is 2.32. The van der Waals surface area contributed by atoms with E-state index >= 15 is 0 Å². The highest BCUT2D eigenvalue weighted by atomic mass is 32.1. The number of carbonyl (C=O) groups is 2. The molecule has 5 heteroatoms. The highest BCUT2D eigenvalue weighted by Crippen LogP contribution is 2.36. The molecule has 0 radical (unpaired) electrons. The van der Waals surface area contributed by atoms with Crippen LogP contribution in [0.1, 0.15) is 56.2 Å². The largest absolute Gasteiger partial charge is 0.461 e. The third-order valence-corrected chi connectivity index (χ3v) is 4.95.